The molecular formula is C14H23NO4S. The predicted molar refractivity (Wildman–Crippen MR) is 77.8 cm³/mol. The van der Waals surface area contributed by atoms with Crippen LogP contribution in [0.2, 0.25) is 0 Å². The Hall–Kier alpha value is -0.950. The summed E-state index contributed by atoms with van der Waals surface area (Å²) in [5.41, 5.74) is -0.560. The number of hydrogen-bond donors (Lipinski definition) is 2. The van der Waals surface area contributed by atoms with E-state index in [2.05, 4.69) is 0 Å². The topological polar surface area (TPSA) is 77.8 Å². The molecule has 2 N–H and O–H groups in total. The second-order valence-corrected chi connectivity index (χ2v) is 7.43. The lowest BCUT2D eigenvalue weighted by atomic mass is 10.1. The van der Waals surface area contributed by atoms with Crippen LogP contribution >= 0.6 is 0 Å². The van der Waals surface area contributed by atoms with Gasteiger partial charge >= 0.3 is 0 Å². The van der Waals surface area contributed by atoms with Crippen molar-refractivity contribution in [2.45, 2.75) is 44.3 Å². The van der Waals surface area contributed by atoms with Crippen LogP contribution in [-0.4, -0.2) is 41.6 Å². The van der Waals surface area contributed by atoms with Gasteiger partial charge in [-0.2, -0.15) is 4.31 Å². The number of hydrogen-bond acceptors (Lipinski definition) is 4. The van der Waals surface area contributed by atoms with Crippen LogP contribution in [-0.2, 0) is 10.0 Å². The molecule has 1 unspecified atom stereocenters. The molecule has 1 atom stereocenters. The van der Waals surface area contributed by atoms with E-state index in [0.717, 1.165) is 0 Å². The van der Waals surface area contributed by atoms with Crippen molar-refractivity contribution < 1.29 is 18.6 Å². The van der Waals surface area contributed by atoms with Gasteiger partial charge < -0.3 is 10.2 Å². The lowest BCUT2D eigenvalue weighted by Gasteiger charge is -2.27. The molecule has 114 valence electrons. The molecule has 0 bridgehead atoms. The standard InChI is InChI=1S/C14H23NO4S/c1-5-15(10-14(3,4)17)20(18,19)13-8-6-7-12(9-13)11(2)16/h6-9,11,16-17H,5,10H2,1-4H3. The largest absolute Gasteiger partial charge is 0.389 e. The van der Waals surface area contributed by atoms with E-state index >= 15 is 0 Å². The van der Waals surface area contributed by atoms with Gasteiger partial charge in [-0.3, -0.25) is 0 Å². The number of sulfonamides is 1. The highest BCUT2D eigenvalue weighted by Gasteiger charge is 2.28. The van der Waals surface area contributed by atoms with Crippen LogP contribution in [0.1, 0.15) is 39.4 Å². The minimum atomic E-state index is -3.68. The molecule has 1 rings (SSSR count). The molecule has 0 aliphatic carbocycles. The summed E-state index contributed by atoms with van der Waals surface area (Å²) in [6, 6.07) is 6.24. The maximum Gasteiger partial charge on any atom is 0.243 e. The minimum absolute atomic E-state index is 0.0186. The van der Waals surface area contributed by atoms with Gasteiger partial charge in [0.25, 0.3) is 0 Å². The zero-order valence-corrected chi connectivity index (χ0v) is 13.2. The normalized spacial score (nSPS) is 14.6. The molecule has 0 aromatic heterocycles. The van der Waals surface area contributed by atoms with Crippen molar-refractivity contribution in [3.63, 3.8) is 0 Å². The summed E-state index contributed by atoms with van der Waals surface area (Å²) in [5.74, 6) is 0. The Kier molecular flexibility index (Phi) is 5.32. The number of rotatable bonds is 6. The van der Waals surface area contributed by atoms with Crippen molar-refractivity contribution >= 4 is 10.0 Å². The van der Waals surface area contributed by atoms with Crippen molar-refractivity contribution in [1.82, 2.24) is 4.31 Å². The smallest absolute Gasteiger partial charge is 0.243 e. The van der Waals surface area contributed by atoms with Crippen LogP contribution in [0.3, 0.4) is 0 Å². The van der Waals surface area contributed by atoms with Crippen molar-refractivity contribution in [2.75, 3.05) is 13.1 Å². The van der Waals surface area contributed by atoms with Gasteiger partial charge in [-0.05, 0) is 38.5 Å². The lowest BCUT2D eigenvalue weighted by molar-refractivity contribution is 0.0601. The molecule has 0 aliphatic heterocycles. The fourth-order valence-corrected chi connectivity index (χ4v) is 3.54. The first kappa shape index (κ1) is 17.1. The number of nitrogens with zero attached hydrogens (tertiary/aromatic N) is 1. The Bertz CT molecular complexity index is 547. The van der Waals surface area contributed by atoms with Crippen LogP contribution in [0.4, 0.5) is 0 Å². The molecule has 6 heteroatoms. The Morgan fingerprint density at radius 1 is 1.35 bits per heavy atom. The van der Waals surface area contributed by atoms with Crippen LogP contribution in [0.5, 0.6) is 0 Å². The Morgan fingerprint density at radius 2 is 1.95 bits per heavy atom. The zero-order valence-electron chi connectivity index (χ0n) is 12.4. The predicted octanol–water partition coefficient (Wildman–Crippen LogP) is 1.52. The lowest BCUT2D eigenvalue weighted by Crippen LogP contribution is -2.42. The molecule has 0 heterocycles. The molecule has 5 nitrogen and oxygen atoms in total. The van der Waals surface area contributed by atoms with Gasteiger partial charge in [-0.15, -0.1) is 0 Å². The fourth-order valence-electron chi connectivity index (χ4n) is 1.88. The summed E-state index contributed by atoms with van der Waals surface area (Å²) in [6.07, 6.45) is -0.727. The molecule has 1 aromatic rings. The van der Waals surface area contributed by atoms with Crippen molar-refractivity contribution in [2.24, 2.45) is 0 Å². The summed E-state index contributed by atoms with van der Waals surface area (Å²) in [5, 5.41) is 19.4. The second-order valence-electron chi connectivity index (χ2n) is 5.49. The minimum Gasteiger partial charge on any atom is -0.389 e. The van der Waals surface area contributed by atoms with Gasteiger partial charge in [-0.1, -0.05) is 19.1 Å². The number of aliphatic hydroxyl groups excluding tert-OH is 1. The van der Waals surface area contributed by atoms with E-state index in [4.69, 9.17) is 0 Å². The van der Waals surface area contributed by atoms with Crippen molar-refractivity contribution in [3.05, 3.63) is 29.8 Å². The summed E-state index contributed by atoms with van der Waals surface area (Å²) in [7, 11) is -3.68. The third-order valence-electron chi connectivity index (χ3n) is 2.89. The third-order valence-corrected chi connectivity index (χ3v) is 4.81. The van der Waals surface area contributed by atoms with Gasteiger partial charge in [0.05, 0.1) is 16.6 Å². The number of benzene rings is 1. The van der Waals surface area contributed by atoms with E-state index in [1.54, 1.807) is 39.8 Å². The number of likely N-dealkylation sites (N-methyl/N-ethyl adjacent to an activating group) is 1. The van der Waals surface area contributed by atoms with Crippen LogP contribution < -0.4 is 0 Å². The summed E-state index contributed by atoms with van der Waals surface area (Å²) < 4.78 is 26.3. The highest BCUT2D eigenvalue weighted by atomic mass is 32.2. The van der Waals surface area contributed by atoms with Gasteiger partial charge in [0.1, 0.15) is 0 Å². The molecule has 1 aromatic carbocycles. The highest BCUT2D eigenvalue weighted by molar-refractivity contribution is 7.89. The summed E-state index contributed by atoms with van der Waals surface area (Å²) in [4.78, 5) is 0.127. The van der Waals surface area contributed by atoms with Gasteiger partial charge in [0, 0.05) is 13.1 Å². The SMILES string of the molecule is CCN(CC(C)(C)O)S(=O)(=O)c1cccc(C(C)O)c1. The van der Waals surface area contributed by atoms with Crippen molar-refractivity contribution in [1.29, 1.82) is 0 Å². The van der Waals surface area contributed by atoms with E-state index in [1.165, 1.54) is 16.4 Å². The monoisotopic (exact) mass is 301 g/mol. The van der Waals surface area contributed by atoms with Gasteiger partial charge in [-0.25, -0.2) is 8.42 Å². The first-order chi connectivity index (χ1) is 9.08. The van der Waals surface area contributed by atoms with E-state index in [9.17, 15) is 18.6 Å². The van der Waals surface area contributed by atoms with Crippen LogP contribution in [0, 0.1) is 0 Å². The van der Waals surface area contributed by atoms with E-state index in [0.29, 0.717) is 5.56 Å². The third kappa shape index (κ3) is 4.28. The zero-order chi connectivity index (χ0) is 15.6. The molecule has 0 saturated carbocycles. The van der Waals surface area contributed by atoms with E-state index < -0.39 is 21.7 Å². The van der Waals surface area contributed by atoms with E-state index in [-0.39, 0.29) is 18.0 Å². The summed E-state index contributed by atoms with van der Waals surface area (Å²) in [6.45, 7) is 6.73. The highest BCUT2D eigenvalue weighted by Crippen LogP contribution is 2.21. The summed E-state index contributed by atoms with van der Waals surface area (Å²) >= 11 is 0. The molecule has 0 saturated heterocycles. The Labute approximate surface area is 120 Å². The molecular weight excluding hydrogens is 278 g/mol. The maximum atomic E-state index is 12.5. The Balaban J connectivity index is 3.17. The van der Waals surface area contributed by atoms with Crippen molar-refractivity contribution in [3.8, 4) is 0 Å². The van der Waals surface area contributed by atoms with Gasteiger partial charge in [0.15, 0.2) is 0 Å². The number of aliphatic hydroxyl groups is 2. The van der Waals surface area contributed by atoms with Crippen LogP contribution in [0.25, 0.3) is 0 Å². The average Bonchev–Trinajstić information content (AvgIpc) is 2.34. The fraction of sp³-hybridized carbons (Fsp3) is 0.571. The Morgan fingerprint density at radius 3 is 2.40 bits per heavy atom. The molecule has 0 fully saturated rings. The van der Waals surface area contributed by atoms with E-state index in [1.807, 2.05) is 0 Å². The maximum absolute atomic E-state index is 12.5. The van der Waals surface area contributed by atoms with Crippen LogP contribution in [0.15, 0.2) is 29.2 Å². The molecule has 0 radical (unpaired) electrons. The molecule has 0 amide bonds. The first-order valence-electron chi connectivity index (χ1n) is 6.58. The molecule has 20 heavy (non-hydrogen) atoms. The first-order valence-corrected chi connectivity index (χ1v) is 8.02. The molecule has 0 spiro atoms. The molecule has 0 aliphatic rings. The quantitative estimate of drug-likeness (QED) is 0.835. The second kappa shape index (κ2) is 6.22. The average molecular weight is 301 g/mol. The van der Waals surface area contributed by atoms with Gasteiger partial charge in [0.2, 0.25) is 10.0 Å².